The van der Waals surface area contributed by atoms with Crippen LogP contribution in [0.25, 0.3) is 0 Å². The minimum absolute atomic E-state index is 0.0792. The molecule has 2 unspecified atom stereocenters. The molecule has 2 aromatic rings. The summed E-state index contributed by atoms with van der Waals surface area (Å²) in [6.07, 6.45) is 2.32. The molecule has 0 amide bonds. The van der Waals surface area contributed by atoms with E-state index in [9.17, 15) is 23.6 Å². The topological polar surface area (TPSA) is 113 Å². The van der Waals surface area contributed by atoms with Crippen LogP contribution in [0.2, 0.25) is 0 Å². The smallest absolute Gasteiger partial charge is 0.293 e. The van der Waals surface area contributed by atoms with Crippen molar-refractivity contribution in [3.8, 4) is 5.75 Å². The number of nitrogens with one attached hydrogen (secondary N) is 1. The van der Waals surface area contributed by atoms with E-state index in [2.05, 4.69) is 5.32 Å². The van der Waals surface area contributed by atoms with E-state index in [1.807, 2.05) is 13.8 Å². The number of rotatable bonds is 7. The largest absolute Gasteiger partial charge is 0.508 e. The molecule has 1 aliphatic rings. The molecule has 9 heteroatoms. The van der Waals surface area contributed by atoms with Gasteiger partial charge in [0.2, 0.25) is 10.0 Å². The zero-order chi connectivity index (χ0) is 21.9. The zero-order valence-corrected chi connectivity index (χ0v) is 17.9. The fourth-order valence-corrected chi connectivity index (χ4v) is 5.45. The summed E-state index contributed by atoms with van der Waals surface area (Å²) in [5.41, 5.74) is 0.518. The zero-order valence-electron chi connectivity index (χ0n) is 17.1. The maximum absolute atomic E-state index is 13.0. The number of para-hydroxylation sites is 1. The molecule has 0 saturated carbocycles. The molecule has 0 radical (unpaired) electrons. The van der Waals surface area contributed by atoms with Gasteiger partial charge in [-0.15, -0.1) is 0 Å². The van der Waals surface area contributed by atoms with Gasteiger partial charge in [-0.05, 0) is 43.4 Å². The molecule has 30 heavy (non-hydrogen) atoms. The molecule has 3 rings (SSSR count). The predicted molar refractivity (Wildman–Crippen MR) is 115 cm³/mol. The van der Waals surface area contributed by atoms with Crippen LogP contribution < -0.4 is 5.32 Å². The van der Waals surface area contributed by atoms with Crippen LogP contribution in [-0.4, -0.2) is 35.8 Å². The van der Waals surface area contributed by atoms with E-state index in [0.29, 0.717) is 25.1 Å². The van der Waals surface area contributed by atoms with Crippen LogP contribution in [-0.2, 0) is 10.0 Å². The summed E-state index contributed by atoms with van der Waals surface area (Å²) in [6.45, 7) is 4.74. The molecule has 2 N–H and O–H groups in total. The van der Waals surface area contributed by atoms with Crippen molar-refractivity contribution in [1.82, 2.24) is 4.31 Å². The molecule has 1 fully saturated rings. The lowest BCUT2D eigenvalue weighted by molar-refractivity contribution is -0.384. The number of nitrogens with zero attached hydrogens (tertiary/aromatic N) is 2. The van der Waals surface area contributed by atoms with E-state index in [0.717, 1.165) is 18.9 Å². The molecule has 1 aliphatic heterocycles. The lowest BCUT2D eigenvalue weighted by atomic mass is 10.0. The van der Waals surface area contributed by atoms with Crippen molar-refractivity contribution in [3.63, 3.8) is 0 Å². The van der Waals surface area contributed by atoms with E-state index in [1.54, 1.807) is 24.3 Å². The number of hydrogen-bond donors (Lipinski definition) is 2. The number of anilines is 1. The summed E-state index contributed by atoms with van der Waals surface area (Å²) in [7, 11) is -3.80. The van der Waals surface area contributed by atoms with Crippen molar-refractivity contribution < 1.29 is 18.4 Å². The minimum Gasteiger partial charge on any atom is -0.508 e. The molecule has 2 atom stereocenters. The van der Waals surface area contributed by atoms with Gasteiger partial charge < -0.3 is 10.4 Å². The third-order valence-corrected chi connectivity index (χ3v) is 7.33. The normalized spacial score (nSPS) is 18.7. The second-order valence-corrected chi connectivity index (χ2v) is 9.65. The number of benzene rings is 2. The lowest BCUT2D eigenvalue weighted by Gasteiger charge is -2.30. The fraction of sp³-hybridized carbons (Fsp3) is 0.429. The van der Waals surface area contributed by atoms with Gasteiger partial charge in [0.05, 0.1) is 15.9 Å². The maximum atomic E-state index is 13.0. The highest BCUT2D eigenvalue weighted by molar-refractivity contribution is 7.89. The van der Waals surface area contributed by atoms with Crippen LogP contribution in [0, 0.1) is 16.0 Å². The SMILES string of the molecule is CCC(Nc1ccc(S(=O)(=O)N2CCCC(C)C2)cc1[N+](=O)[O-])c1ccccc1O. The van der Waals surface area contributed by atoms with Crippen molar-refractivity contribution in [1.29, 1.82) is 0 Å². The van der Waals surface area contributed by atoms with E-state index >= 15 is 0 Å². The first-order valence-electron chi connectivity index (χ1n) is 10.1. The molecule has 0 bridgehead atoms. The number of nitro groups is 1. The Morgan fingerprint density at radius 3 is 2.67 bits per heavy atom. The summed E-state index contributed by atoms with van der Waals surface area (Å²) < 4.78 is 27.4. The van der Waals surface area contributed by atoms with Crippen molar-refractivity contribution in [3.05, 3.63) is 58.1 Å². The Morgan fingerprint density at radius 1 is 1.30 bits per heavy atom. The fourth-order valence-electron chi connectivity index (χ4n) is 3.83. The number of piperidine rings is 1. The quantitative estimate of drug-likeness (QED) is 0.498. The van der Waals surface area contributed by atoms with E-state index in [1.165, 1.54) is 16.4 Å². The summed E-state index contributed by atoms with van der Waals surface area (Å²) in [4.78, 5) is 11.0. The number of sulfonamides is 1. The Hall–Kier alpha value is -2.65. The first-order chi connectivity index (χ1) is 14.2. The molecule has 0 aliphatic carbocycles. The molecule has 1 heterocycles. The summed E-state index contributed by atoms with van der Waals surface area (Å²) >= 11 is 0. The van der Waals surface area contributed by atoms with Gasteiger partial charge in [-0.3, -0.25) is 10.1 Å². The molecule has 1 saturated heterocycles. The second kappa shape index (κ2) is 9.01. The average Bonchev–Trinajstić information content (AvgIpc) is 2.72. The van der Waals surface area contributed by atoms with Gasteiger partial charge in [0.15, 0.2) is 0 Å². The van der Waals surface area contributed by atoms with Crippen LogP contribution in [0.1, 0.15) is 44.7 Å². The van der Waals surface area contributed by atoms with Gasteiger partial charge in [0.1, 0.15) is 11.4 Å². The first-order valence-corrected chi connectivity index (χ1v) is 11.5. The molecular weight excluding hydrogens is 406 g/mol. The van der Waals surface area contributed by atoms with E-state index in [4.69, 9.17) is 0 Å². The average molecular weight is 434 g/mol. The Kier molecular flexibility index (Phi) is 6.62. The molecule has 8 nitrogen and oxygen atoms in total. The van der Waals surface area contributed by atoms with Crippen molar-refractivity contribution in [2.45, 2.75) is 44.0 Å². The highest BCUT2D eigenvalue weighted by Crippen LogP contribution is 2.35. The van der Waals surface area contributed by atoms with Gasteiger partial charge in [0.25, 0.3) is 5.69 Å². The molecule has 0 spiro atoms. The number of phenols is 1. The lowest BCUT2D eigenvalue weighted by Crippen LogP contribution is -2.39. The highest BCUT2D eigenvalue weighted by Gasteiger charge is 2.31. The number of aromatic hydroxyl groups is 1. The van der Waals surface area contributed by atoms with Crippen molar-refractivity contribution in [2.24, 2.45) is 5.92 Å². The van der Waals surface area contributed by atoms with Gasteiger partial charge in [-0.25, -0.2) is 8.42 Å². The van der Waals surface area contributed by atoms with Crippen molar-refractivity contribution >= 4 is 21.4 Å². The minimum atomic E-state index is -3.80. The Bertz CT molecular complexity index is 1030. The third-order valence-electron chi connectivity index (χ3n) is 5.47. The highest BCUT2D eigenvalue weighted by atomic mass is 32.2. The van der Waals surface area contributed by atoms with Crippen LogP contribution in [0.4, 0.5) is 11.4 Å². The van der Waals surface area contributed by atoms with Gasteiger partial charge in [-0.2, -0.15) is 4.31 Å². The molecular formula is C21H27N3O5S. The summed E-state index contributed by atoms with van der Waals surface area (Å²) in [5, 5.41) is 24.9. The number of phenolic OH excluding ortho intramolecular Hbond substituents is 1. The van der Waals surface area contributed by atoms with Crippen LogP contribution >= 0.6 is 0 Å². The third kappa shape index (κ3) is 4.57. The Balaban J connectivity index is 1.94. The molecule has 0 aromatic heterocycles. The molecule has 162 valence electrons. The van der Waals surface area contributed by atoms with Crippen LogP contribution in [0.5, 0.6) is 5.75 Å². The summed E-state index contributed by atoms with van der Waals surface area (Å²) in [6, 6.07) is 10.4. The maximum Gasteiger partial charge on any atom is 0.293 e. The van der Waals surface area contributed by atoms with Gasteiger partial charge >= 0.3 is 0 Å². The monoisotopic (exact) mass is 433 g/mol. The standard InChI is InChI=1S/C21H27N3O5S/c1-3-18(17-8-4-5-9-21(17)25)22-19-11-10-16(13-20(19)24(26)27)30(28,29)23-12-6-7-15(2)14-23/h4-5,8-11,13,15,18,22,25H,3,6-7,12,14H2,1-2H3. The van der Waals surface area contributed by atoms with E-state index in [-0.39, 0.29) is 34.0 Å². The van der Waals surface area contributed by atoms with Crippen molar-refractivity contribution in [2.75, 3.05) is 18.4 Å². The Morgan fingerprint density at radius 2 is 2.03 bits per heavy atom. The predicted octanol–water partition coefficient (Wildman–Crippen LogP) is 4.28. The van der Waals surface area contributed by atoms with Gasteiger partial charge in [-0.1, -0.05) is 32.0 Å². The molecule has 2 aromatic carbocycles. The second-order valence-electron chi connectivity index (χ2n) is 7.71. The number of nitro benzene ring substituents is 1. The number of hydrogen-bond acceptors (Lipinski definition) is 6. The van der Waals surface area contributed by atoms with Crippen LogP contribution in [0.3, 0.4) is 0 Å². The first kappa shape index (κ1) is 22.0. The van der Waals surface area contributed by atoms with Crippen LogP contribution in [0.15, 0.2) is 47.4 Å². The Labute approximate surface area is 176 Å². The summed E-state index contributed by atoms with van der Waals surface area (Å²) in [5.74, 6) is 0.353. The van der Waals surface area contributed by atoms with Gasteiger partial charge in [0, 0.05) is 24.7 Å². The van der Waals surface area contributed by atoms with E-state index < -0.39 is 14.9 Å².